The summed E-state index contributed by atoms with van der Waals surface area (Å²) in [5.41, 5.74) is 3.17. The number of piperazine rings is 1. The van der Waals surface area contributed by atoms with E-state index in [0.717, 1.165) is 50.3 Å². The molecular formula is C29H36N8O2. The molecule has 2 aromatic heterocycles. The smallest absolute Gasteiger partial charge is 0.229 e. The summed E-state index contributed by atoms with van der Waals surface area (Å²) in [5, 5.41) is 30.9. The van der Waals surface area contributed by atoms with Gasteiger partial charge in [-0.15, -0.1) is 6.42 Å². The monoisotopic (exact) mass is 528 g/mol. The van der Waals surface area contributed by atoms with Crippen LogP contribution < -0.4 is 20.9 Å². The zero-order chi connectivity index (χ0) is 27.4. The van der Waals surface area contributed by atoms with Crippen LogP contribution >= 0.6 is 0 Å². The Morgan fingerprint density at radius 2 is 1.85 bits per heavy atom. The number of benzene rings is 1. The largest absolute Gasteiger partial charge is 0.384 e. The van der Waals surface area contributed by atoms with Gasteiger partial charge in [0, 0.05) is 43.8 Å². The Morgan fingerprint density at radius 3 is 2.59 bits per heavy atom. The van der Waals surface area contributed by atoms with Gasteiger partial charge < -0.3 is 30.6 Å². The Bertz CT molecular complexity index is 1330. The number of hydrogen-bond acceptors (Lipinski definition) is 10. The normalized spacial score (nSPS) is 20.1. The summed E-state index contributed by atoms with van der Waals surface area (Å²) in [6, 6.07) is 12.0. The first-order chi connectivity index (χ1) is 18.8. The summed E-state index contributed by atoms with van der Waals surface area (Å²) in [4.78, 5) is 18.5. The molecule has 5 N–H and O–H groups in total. The Morgan fingerprint density at radius 1 is 1.08 bits per heavy atom. The van der Waals surface area contributed by atoms with Gasteiger partial charge in [-0.3, -0.25) is 5.32 Å². The molecule has 204 valence electrons. The number of aliphatic hydroxyl groups is 2. The lowest BCUT2D eigenvalue weighted by Gasteiger charge is -2.34. The number of pyridine rings is 1. The van der Waals surface area contributed by atoms with E-state index in [9.17, 15) is 10.2 Å². The molecule has 1 aromatic carbocycles. The van der Waals surface area contributed by atoms with Crippen LogP contribution in [0.1, 0.15) is 42.8 Å². The molecule has 1 aliphatic carbocycles. The third-order valence-electron chi connectivity index (χ3n) is 7.35. The topological polar surface area (TPSA) is 122 Å². The predicted octanol–water partition coefficient (Wildman–Crippen LogP) is 2.87. The van der Waals surface area contributed by atoms with Gasteiger partial charge in [-0.25, -0.2) is 9.97 Å². The van der Waals surface area contributed by atoms with Crippen LogP contribution in [0.4, 0.5) is 29.0 Å². The summed E-state index contributed by atoms with van der Waals surface area (Å²) < 4.78 is 0. The highest BCUT2D eigenvalue weighted by atomic mass is 16.3. The summed E-state index contributed by atoms with van der Waals surface area (Å²) in [5.74, 6) is 3.72. The van der Waals surface area contributed by atoms with E-state index in [0.29, 0.717) is 35.3 Å². The number of aromatic nitrogens is 3. The van der Waals surface area contributed by atoms with E-state index in [-0.39, 0.29) is 6.54 Å². The summed E-state index contributed by atoms with van der Waals surface area (Å²) in [7, 11) is 2.15. The molecule has 3 heterocycles. The first-order valence-electron chi connectivity index (χ1n) is 13.3. The number of terminal acetylenes is 1. The highest BCUT2D eigenvalue weighted by molar-refractivity contribution is 5.63. The maximum atomic E-state index is 10.9. The molecule has 1 fully saturated rings. The Balaban J connectivity index is 1.38. The van der Waals surface area contributed by atoms with E-state index in [1.165, 1.54) is 5.69 Å². The SMILES string of the molecule is C#CCNC(O)c1cnc(Nc2ccc(N3CCN(C)CC3)cc2)nc1Nc1ccc2c(n1)C(C)(O)CCC2. The maximum Gasteiger partial charge on any atom is 0.229 e. The standard InChI is InChI=1S/C29H36N8O2/c1-4-14-30-27(38)23-19-31-28(32-21-8-10-22(11-9-21)37-17-15-36(3)16-18-37)35-26(23)34-24-12-7-20-6-5-13-29(2,39)25(20)33-24/h1,7-12,19,27,30,38-39H,5-6,13-18H2,2-3H3,(H2,31,32,33,34,35). The number of aryl methyl sites for hydroxylation is 1. The zero-order valence-electron chi connectivity index (χ0n) is 22.5. The van der Waals surface area contributed by atoms with Crippen molar-refractivity contribution in [1.82, 2.24) is 25.2 Å². The van der Waals surface area contributed by atoms with Crippen molar-refractivity contribution in [1.29, 1.82) is 0 Å². The lowest BCUT2D eigenvalue weighted by molar-refractivity contribution is 0.0341. The van der Waals surface area contributed by atoms with E-state index < -0.39 is 11.8 Å². The Labute approximate surface area is 229 Å². The van der Waals surface area contributed by atoms with Crippen molar-refractivity contribution in [2.24, 2.45) is 0 Å². The van der Waals surface area contributed by atoms with Crippen LogP contribution in [0.3, 0.4) is 0 Å². The number of likely N-dealkylation sites (N-methyl/N-ethyl adjacent to an activating group) is 1. The van der Waals surface area contributed by atoms with Crippen molar-refractivity contribution < 1.29 is 10.2 Å². The van der Waals surface area contributed by atoms with Crippen molar-refractivity contribution in [2.45, 2.75) is 38.0 Å². The van der Waals surface area contributed by atoms with E-state index in [2.05, 4.69) is 60.8 Å². The Hall–Kier alpha value is -3.75. The number of nitrogens with zero attached hydrogens (tertiary/aromatic N) is 5. The minimum Gasteiger partial charge on any atom is -0.384 e. The molecule has 0 radical (unpaired) electrons. The summed E-state index contributed by atoms with van der Waals surface area (Å²) in [6.07, 6.45) is 8.29. The quantitative estimate of drug-likeness (QED) is 0.220. The Kier molecular flexibility index (Phi) is 7.95. The van der Waals surface area contributed by atoms with Gasteiger partial charge in [-0.2, -0.15) is 4.98 Å². The molecule has 10 nitrogen and oxygen atoms in total. The minimum atomic E-state index is -1.08. The van der Waals surface area contributed by atoms with Crippen LogP contribution in [-0.2, 0) is 12.0 Å². The number of rotatable bonds is 8. The van der Waals surface area contributed by atoms with Gasteiger partial charge in [0.25, 0.3) is 0 Å². The van der Waals surface area contributed by atoms with E-state index >= 15 is 0 Å². The number of nitrogens with one attached hydrogen (secondary N) is 3. The van der Waals surface area contributed by atoms with E-state index in [1.807, 2.05) is 24.3 Å². The average Bonchev–Trinajstić information content (AvgIpc) is 2.93. The first kappa shape index (κ1) is 26.8. The van der Waals surface area contributed by atoms with Crippen LogP contribution in [0.25, 0.3) is 0 Å². The lowest BCUT2D eigenvalue weighted by Crippen LogP contribution is -2.44. The number of fused-ring (bicyclic) bond motifs is 1. The molecule has 2 aliphatic rings. The molecule has 0 bridgehead atoms. The highest BCUT2D eigenvalue weighted by Crippen LogP contribution is 2.35. The van der Waals surface area contributed by atoms with E-state index in [4.69, 9.17) is 11.4 Å². The highest BCUT2D eigenvalue weighted by Gasteiger charge is 2.31. The van der Waals surface area contributed by atoms with Gasteiger partial charge in [0.05, 0.1) is 17.8 Å². The molecule has 2 unspecified atom stereocenters. The van der Waals surface area contributed by atoms with Gasteiger partial charge in [0.1, 0.15) is 23.5 Å². The molecule has 1 saturated heterocycles. The third-order valence-corrected chi connectivity index (χ3v) is 7.35. The second-order valence-corrected chi connectivity index (χ2v) is 10.4. The van der Waals surface area contributed by atoms with Crippen molar-refractivity contribution in [3.05, 3.63) is 59.4 Å². The van der Waals surface area contributed by atoms with Gasteiger partial charge >= 0.3 is 0 Å². The number of aliphatic hydroxyl groups excluding tert-OH is 1. The van der Waals surface area contributed by atoms with E-state index in [1.54, 1.807) is 13.1 Å². The van der Waals surface area contributed by atoms with Crippen LogP contribution in [0, 0.1) is 12.3 Å². The van der Waals surface area contributed by atoms with Crippen molar-refractivity contribution >= 4 is 29.0 Å². The second-order valence-electron chi connectivity index (χ2n) is 10.4. The van der Waals surface area contributed by atoms with Crippen LogP contribution in [0.2, 0.25) is 0 Å². The summed E-state index contributed by atoms with van der Waals surface area (Å²) >= 11 is 0. The predicted molar refractivity (Wildman–Crippen MR) is 153 cm³/mol. The fourth-order valence-electron chi connectivity index (χ4n) is 5.05. The fraction of sp³-hybridized carbons (Fsp3) is 0.414. The van der Waals surface area contributed by atoms with Crippen molar-refractivity contribution in [3.63, 3.8) is 0 Å². The molecule has 10 heteroatoms. The van der Waals surface area contributed by atoms with Gasteiger partial charge in [0.2, 0.25) is 5.95 Å². The van der Waals surface area contributed by atoms with Gasteiger partial charge in [-0.1, -0.05) is 12.0 Å². The van der Waals surface area contributed by atoms with Crippen LogP contribution in [0.5, 0.6) is 0 Å². The van der Waals surface area contributed by atoms with Crippen LogP contribution in [0.15, 0.2) is 42.6 Å². The molecule has 0 spiro atoms. The summed E-state index contributed by atoms with van der Waals surface area (Å²) in [6.45, 7) is 6.09. The molecule has 3 aromatic rings. The fourth-order valence-corrected chi connectivity index (χ4v) is 5.05. The number of hydrogen-bond donors (Lipinski definition) is 5. The molecule has 0 saturated carbocycles. The third kappa shape index (κ3) is 6.29. The molecule has 1 aliphatic heterocycles. The molecule has 39 heavy (non-hydrogen) atoms. The van der Waals surface area contributed by atoms with Crippen molar-refractivity contribution in [2.75, 3.05) is 55.3 Å². The minimum absolute atomic E-state index is 0.181. The zero-order valence-corrected chi connectivity index (χ0v) is 22.5. The lowest BCUT2D eigenvalue weighted by atomic mass is 9.84. The molecular weight excluding hydrogens is 492 g/mol. The molecule has 5 rings (SSSR count). The van der Waals surface area contributed by atoms with Crippen LogP contribution in [-0.4, -0.2) is 69.8 Å². The maximum absolute atomic E-state index is 10.9. The average molecular weight is 529 g/mol. The first-order valence-corrected chi connectivity index (χ1v) is 13.3. The molecule has 2 atom stereocenters. The second kappa shape index (κ2) is 11.6. The molecule has 0 amide bonds. The van der Waals surface area contributed by atoms with Gasteiger partial charge in [0.15, 0.2) is 0 Å². The van der Waals surface area contributed by atoms with Crippen molar-refractivity contribution in [3.8, 4) is 12.3 Å². The van der Waals surface area contributed by atoms with Gasteiger partial charge in [-0.05, 0) is 69.1 Å². The number of anilines is 5.